The van der Waals surface area contributed by atoms with Crippen molar-refractivity contribution in [2.75, 3.05) is 23.4 Å². The van der Waals surface area contributed by atoms with E-state index >= 15 is 0 Å². The molecule has 0 bridgehead atoms. The van der Waals surface area contributed by atoms with E-state index in [2.05, 4.69) is 5.32 Å². The molecular weight excluding hydrogens is 316 g/mol. The average molecular weight is 336 g/mol. The third kappa shape index (κ3) is 4.07. The van der Waals surface area contributed by atoms with E-state index in [1.807, 2.05) is 37.3 Å². The number of nitrogens with one attached hydrogen (secondary N) is 1. The molecule has 0 saturated heterocycles. The van der Waals surface area contributed by atoms with Gasteiger partial charge in [0.15, 0.2) is 6.61 Å². The topological polar surface area (TPSA) is 58.6 Å². The lowest BCUT2D eigenvalue weighted by atomic mass is 10.2. The van der Waals surface area contributed by atoms with Gasteiger partial charge in [0.25, 0.3) is 5.91 Å². The summed E-state index contributed by atoms with van der Waals surface area (Å²) in [4.78, 5) is 25.7. The third-order valence-electron chi connectivity index (χ3n) is 3.84. The number of rotatable bonds is 5. The van der Waals surface area contributed by atoms with E-state index in [1.54, 1.807) is 29.2 Å². The van der Waals surface area contributed by atoms with Crippen molar-refractivity contribution < 1.29 is 14.3 Å². The van der Waals surface area contributed by atoms with Crippen LogP contribution in [0, 0.1) is 0 Å². The van der Waals surface area contributed by atoms with Gasteiger partial charge in [-0.25, -0.2) is 0 Å². The molecule has 0 fully saturated rings. The number of benzene rings is 2. The molecule has 0 atom stereocenters. The van der Waals surface area contributed by atoms with Crippen LogP contribution in [0.25, 0.3) is 6.08 Å². The first-order chi connectivity index (χ1) is 12.2. The Labute approximate surface area is 146 Å². The summed E-state index contributed by atoms with van der Waals surface area (Å²) in [6.07, 6.45) is 4.11. The summed E-state index contributed by atoms with van der Waals surface area (Å²) >= 11 is 0. The first-order valence-electron chi connectivity index (χ1n) is 8.28. The molecule has 1 aliphatic heterocycles. The van der Waals surface area contributed by atoms with Crippen LogP contribution in [0.3, 0.4) is 0 Å². The standard InChI is InChI=1S/C20H20N2O3/c1-2-12-22-17-10-9-16(13-18(17)25-14-20(22)24)21-19(23)11-8-15-6-4-3-5-7-15/h3-11,13H,2,12,14H2,1H3,(H,21,23)/b11-8+. The van der Waals surface area contributed by atoms with Gasteiger partial charge in [-0.05, 0) is 30.2 Å². The van der Waals surface area contributed by atoms with Gasteiger partial charge in [-0.2, -0.15) is 0 Å². The number of hydrogen-bond acceptors (Lipinski definition) is 3. The Morgan fingerprint density at radius 2 is 2.04 bits per heavy atom. The second-order valence-corrected chi connectivity index (χ2v) is 5.75. The summed E-state index contributed by atoms with van der Waals surface area (Å²) in [6.45, 7) is 2.70. The highest BCUT2D eigenvalue weighted by Gasteiger charge is 2.24. The lowest BCUT2D eigenvalue weighted by molar-refractivity contribution is -0.121. The van der Waals surface area contributed by atoms with Crippen LogP contribution in [-0.2, 0) is 9.59 Å². The molecule has 0 radical (unpaired) electrons. The normalized spacial score (nSPS) is 13.5. The zero-order valence-corrected chi connectivity index (χ0v) is 14.1. The van der Waals surface area contributed by atoms with Crippen LogP contribution in [0.4, 0.5) is 11.4 Å². The van der Waals surface area contributed by atoms with E-state index in [0.717, 1.165) is 17.7 Å². The summed E-state index contributed by atoms with van der Waals surface area (Å²) in [7, 11) is 0. The predicted molar refractivity (Wildman–Crippen MR) is 98.7 cm³/mol. The van der Waals surface area contributed by atoms with Crippen molar-refractivity contribution in [1.29, 1.82) is 0 Å². The van der Waals surface area contributed by atoms with Gasteiger partial charge in [0, 0.05) is 24.4 Å². The van der Waals surface area contributed by atoms with Crippen LogP contribution in [0.1, 0.15) is 18.9 Å². The molecule has 3 rings (SSSR count). The molecule has 0 aromatic heterocycles. The Kier molecular flexibility index (Phi) is 5.14. The fourth-order valence-corrected chi connectivity index (χ4v) is 2.67. The first kappa shape index (κ1) is 16.8. The zero-order chi connectivity index (χ0) is 17.6. The van der Waals surface area contributed by atoms with Crippen molar-refractivity contribution >= 4 is 29.3 Å². The Bertz CT molecular complexity index is 800. The molecule has 0 unspecified atom stereocenters. The quantitative estimate of drug-likeness (QED) is 0.851. The number of carbonyl (C=O) groups excluding carboxylic acids is 2. The minimum Gasteiger partial charge on any atom is -0.481 e. The molecule has 2 aromatic carbocycles. The minimum absolute atomic E-state index is 0.0261. The third-order valence-corrected chi connectivity index (χ3v) is 3.84. The van der Waals surface area contributed by atoms with Crippen LogP contribution in [-0.4, -0.2) is 25.0 Å². The second kappa shape index (κ2) is 7.66. The Morgan fingerprint density at radius 1 is 1.24 bits per heavy atom. The molecule has 5 heteroatoms. The fourth-order valence-electron chi connectivity index (χ4n) is 2.67. The highest BCUT2D eigenvalue weighted by atomic mass is 16.5. The molecule has 0 spiro atoms. The number of carbonyl (C=O) groups is 2. The monoisotopic (exact) mass is 336 g/mol. The largest absolute Gasteiger partial charge is 0.481 e. The molecule has 5 nitrogen and oxygen atoms in total. The van der Waals surface area contributed by atoms with Gasteiger partial charge in [-0.1, -0.05) is 37.3 Å². The molecule has 128 valence electrons. The van der Waals surface area contributed by atoms with Crippen molar-refractivity contribution in [2.45, 2.75) is 13.3 Å². The van der Waals surface area contributed by atoms with E-state index in [0.29, 0.717) is 18.0 Å². The van der Waals surface area contributed by atoms with E-state index < -0.39 is 0 Å². The molecule has 2 aromatic rings. The van der Waals surface area contributed by atoms with Crippen molar-refractivity contribution in [3.05, 3.63) is 60.2 Å². The van der Waals surface area contributed by atoms with E-state index in [1.165, 1.54) is 6.08 Å². The Balaban J connectivity index is 1.71. The number of amides is 2. The number of nitrogens with zero attached hydrogens (tertiary/aromatic N) is 1. The summed E-state index contributed by atoms with van der Waals surface area (Å²) in [5.74, 6) is 0.343. The SMILES string of the molecule is CCCN1C(=O)COc2cc(NC(=O)/C=C/c3ccccc3)ccc21. The molecule has 1 N–H and O–H groups in total. The maximum Gasteiger partial charge on any atom is 0.265 e. The van der Waals surface area contributed by atoms with Gasteiger partial charge in [-0.3, -0.25) is 9.59 Å². The zero-order valence-electron chi connectivity index (χ0n) is 14.1. The molecule has 2 amide bonds. The van der Waals surface area contributed by atoms with Crippen molar-refractivity contribution in [2.24, 2.45) is 0 Å². The van der Waals surface area contributed by atoms with Gasteiger partial charge in [0.2, 0.25) is 5.91 Å². The van der Waals surface area contributed by atoms with Crippen LogP contribution in [0.15, 0.2) is 54.6 Å². The predicted octanol–water partition coefficient (Wildman–Crippen LogP) is 3.47. The highest BCUT2D eigenvalue weighted by molar-refractivity contribution is 6.03. The number of ether oxygens (including phenoxy) is 1. The van der Waals surface area contributed by atoms with Crippen LogP contribution in [0.5, 0.6) is 5.75 Å². The van der Waals surface area contributed by atoms with Crippen molar-refractivity contribution in [3.63, 3.8) is 0 Å². The molecule has 0 aliphatic carbocycles. The molecule has 1 aliphatic rings. The maximum absolute atomic E-state index is 12.1. The number of fused-ring (bicyclic) bond motifs is 1. The summed E-state index contributed by atoms with van der Waals surface area (Å²) in [5, 5.41) is 2.81. The lowest BCUT2D eigenvalue weighted by Gasteiger charge is -2.29. The molecular formula is C20H20N2O3. The highest BCUT2D eigenvalue weighted by Crippen LogP contribution is 2.34. The van der Waals surface area contributed by atoms with Gasteiger partial charge in [0.05, 0.1) is 5.69 Å². The molecule has 25 heavy (non-hydrogen) atoms. The summed E-state index contributed by atoms with van der Waals surface area (Å²) in [5.41, 5.74) is 2.34. The number of anilines is 2. The Hall–Kier alpha value is -3.08. The lowest BCUT2D eigenvalue weighted by Crippen LogP contribution is -2.39. The number of hydrogen-bond donors (Lipinski definition) is 1. The average Bonchev–Trinajstić information content (AvgIpc) is 2.63. The van der Waals surface area contributed by atoms with Gasteiger partial charge >= 0.3 is 0 Å². The molecule has 1 heterocycles. The maximum atomic E-state index is 12.1. The van der Waals surface area contributed by atoms with Crippen molar-refractivity contribution in [1.82, 2.24) is 0 Å². The van der Waals surface area contributed by atoms with Crippen LogP contribution >= 0.6 is 0 Å². The van der Waals surface area contributed by atoms with Gasteiger partial charge < -0.3 is 15.0 Å². The summed E-state index contributed by atoms with van der Waals surface area (Å²) < 4.78 is 5.50. The summed E-state index contributed by atoms with van der Waals surface area (Å²) in [6, 6.07) is 14.9. The second-order valence-electron chi connectivity index (χ2n) is 5.75. The fraction of sp³-hybridized carbons (Fsp3) is 0.200. The van der Waals surface area contributed by atoms with Crippen LogP contribution < -0.4 is 15.0 Å². The first-order valence-corrected chi connectivity index (χ1v) is 8.28. The van der Waals surface area contributed by atoms with E-state index in [-0.39, 0.29) is 18.4 Å². The van der Waals surface area contributed by atoms with E-state index in [9.17, 15) is 9.59 Å². The van der Waals surface area contributed by atoms with Gasteiger partial charge in [-0.15, -0.1) is 0 Å². The van der Waals surface area contributed by atoms with E-state index in [4.69, 9.17) is 4.74 Å². The van der Waals surface area contributed by atoms with Crippen molar-refractivity contribution in [3.8, 4) is 5.75 Å². The Morgan fingerprint density at radius 3 is 2.80 bits per heavy atom. The smallest absolute Gasteiger partial charge is 0.265 e. The van der Waals surface area contributed by atoms with Gasteiger partial charge in [0.1, 0.15) is 5.75 Å². The minimum atomic E-state index is -0.221. The van der Waals surface area contributed by atoms with Crippen LogP contribution in [0.2, 0.25) is 0 Å². The molecule has 0 saturated carbocycles.